The molecule has 0 fully saturated rings. The summed E-state index contributed by atoms with van der Waals surface area (Å²) in [5.74, 6) is -6.03. The molecule has 1 rings (SSSR count). The molecule has 0 bridgehead atoms. The van der Waals surface area contributed by atoms with E-state index in [1.54, 1.807) is 19.2 Å². The quantitative estimate of drug-likeness (QED) is 0.107. The number of Topliss-reactive ketones (excluding diaryl/α,β-unsaturated/α-hetero) is 1. The Morgan fingerprint density at radius 1 is 0.700 bits per heavy atom. The van der Waals surface area contributed by atoms with E-state index < -0.39 is 78.4 Å². The van der Waals surface area contributed by atoms with Crippen molar-refractivity contribution in [2.45, 2.75) is 76.0 Å². The summed E-state index contributed by atoms with van der Waals surface area (Å²) in [6.45, 7) is 1.16. The lowest BCUT2D eigenvalue weighted by atomic mass is 10.0. The van der Waals surface area contributed by atoms with E-state index in [4.69, 9.17) is 15.9 Å². The Balaban J connectivity index is 3.08. The number of rotatable bonds is 19. The molecule has 8 N–H and O–H groups in total. The molecule has 0 unspecified atom stereocenters. The van der Waals surface area contributed by atoms with E-state index in [0.29, 0.717) is 0 Å². The Labute approximate surface area is 231 Å². The lowest BCUT2D eigenvalue weighted by molar-refractivity contribution is -0.138. The first-order valence-corrected chi connectivity index (χ1v) is 12.7. The van der Waals surface area contributed by atoms with Crippen LogP contribution in [-0.2, 0) is 40.0 Å². The van der Waals surface area contributed by atoms with Gasteiger partial charge in [0.05, 0.1) is 12.1 Å². The zero-order valence-electron chi connectivity index (χ0n) is 22.5. The fourth-order valence-electron chi connectivity index (χ4n) is 3.73. The van der Waals surface area contributed by atoms with Crippen molar-refractivity contribution in [1.82, 2.24) is 21.3 Å². The van der Waals surface area contributed by atoms with Crippen LogP contribution in [0.3, 0.4) is 0 Å². The molecule has 220 valence electrons. The van der Waals surface area contributed by atoms with Crippen molar-refractivity contribution in [1.29, 1.82) is 0 Å². The largest absolute Gasteiger partial charge is 0.481 e. The van der Waals surface area contributed by atoms with E-state index in [2.05, 4.69) is 21.3 Å². The fraction of sp³-hybridized carbons (Fsp3) is 0.500. The molecular formula is C26H37N5O9. The Morgan fingerprint density at radius 3 is 1.55 bits per heavy atom. The number of nitrogens with two attached hydrogens (primary N) is 1. The predicted octanol–water partition coefficient (Wildman–Crippen LogP) is -1.14. The lowest BCUT2D eigenvalue weighted by Crippen LogP contribution is -2.57. The van der Waals surface area contributed by atoms with Gasteiger partial charge in [-0.3, -0.25) is 33.6 Å². The first-order valence-electron chi connectivity index (χ1n) is 12.7. The Morgan fingerprint density at radius 2 is 1.12 bits per heavy atom. The minimum absolute atomic E-state index is 0.197. The van der Waals surface area contributed by atoms with Crippen LogP contribution in [-0.4, -0.2) is 82.8 Å². The van der Waals surface area contributed by atoms with Gasteiger partial charge in [0.2, 0.25) is 23.6 Å². The fourth-order valence-corrected chi connectivity index (χ4v) is 3.73. The molecule has 0 aliphatic rings. The Hall–Kier alpha value is -4.33. The molecule has 0 saturated heterocycles. The van der Waals surface area contributed by atoms with Crippen molar-refractivity contribution in [3.8, 4) is 0 Å². The van der Waals surface area contributed by atoms with E-state index in [-0.39, 0.29) is 32.1 Å². The molecule has 0 radical (unpaired) electrons. The van der Waals surface area contributed by atoms with E-state index in [1.807, 2.05) is 18.2 Å². The van der Waals surface area contributed by atoms with Crippen molar-refractivity contribution in [2.75, 3.05) is 7.05 Å². The molecule has 0 aliphatic carbocycles. The first kappa shape index (κ1) is 33.7. The molecule has 14 nitrogen and oxygen atoms in total. The van der Waals surface area contributed by atoms with Gasteiger partial charge in [-0.05, 0) is 45.2 Å². The third kappa shape index (κ3) is 13.0. The Kier molecular flexibility index (Phi) is 14.6. The average Bonchev–Trinajstić information content (AvgIpc) is 2.89. The van der Waals surface area contributed by atoms with Crippen LogP contribution in [0.5, 0.6) is 0 Å². The molecule has 0 heterocycles. The molecule has 0 aromatic heterocycles. The maximum atomic E-state index is 13.2. The molecule has 0 saturated carbocycles. The number of nitrogens with one attached hydrogen (secondary N) is 4. The highest BCUT2D eigenvalue weighted by Crippen LogP contribution is 2.08. The summed E-state index contributed by atoms with van der Waals surface area (Å²) < 4.78 is 0. The second-order valence-corrected chi connectivity index (χ2v) is 9.19. The topological polar surface area (TPSA) is 234 Å². The number of carbonyl (C=O) groups is 7. The molecule has 1 aromatic rings. The molecule has 14 heteroatoms. The number of carbonyl (C=O) groups excluding carboxylic acids is 5. The zero-order valence-corrected chi connectivity index (χ0v) is 22.5. The third-order valence-corrected chi connectivity index (χ3v) is 5.99. The van der Waals surface area contributed by atoms with Crippen molar-refractivity contribution in [2.24, 2.45) is 5.73 Å². The van der Waals surface area contributed by atoms with Crippen LogP contribution in [0.1, 0.15) is 51.0 Å². The van der Waals surface area contributed by atoms with E-state index in [1.165, 1.54) is 0 Å². The van der Waals surface area contributed by atoms with E-state index in [9.17, 15) is 33.6 Å². The average molecular weight is 564 g/mol. The molecule has 0 spiro atoms. The minimum atomic E-state index is -1.39. The van der Waals surface area contributed by atoms with Gasteiger partial charge in [0.1, 0.15) is 12.1 Å². The van der Waals surface area contributed by atoms with Gasteiger partial charge in [-0.25, -0.2) is 0 Å². The van der Waals surface area contributed by atoms with Crippen LogP contribution in [0.4, 0.5) is 0 Å². The van der Waals surface area contributed by atoms with Gasteiger partial charge in [0.25, 0.3) is 0 Å². The van der Waals surface area contributed by atoms with Gasteiger partial charge in [-0.2, -0.15) is 0 Å². The third-order valence-electron chi connectivity index (χ3n) is 5.99. The summed E-state index contributed by atoms with van der Waals surface area (Å²) in [5.41, 5.74) is 6.03. The molecule has 4 amide bonds. The monoisotopic (exact) mass is 563 g/mol. The normalized spacial score (nSPS) is 13.7. The summed E-state index contributed by atoms with van der Waals surface area (Å²) in [6, 6.07) is 4.40. The van der Waals surface area contributed by atoms with Crippen LogP contribution in [0, 0.1) is 0 Å². The highest BCUT2D eigenvalue weighted by molar-refractivity contribution is 5.95. The van der Waals surface area contributed by atoms with Crippen LogP contribution in [0.25, 0.3) is 0 Å². The van der Waals surface area contributed by atoms with Crippen LogP contribution < -0.4 is 27.0 Å². The first-order chi connectivity index (χ1) is 18.8. The smallest absolute Gasteiger partial charge is 0.303 e. The second kappa shape index (κ2) is 17.3. The number of carboxylic acid groups (broad SMARTS) is 2. The van der Waals surface area contributed by atoms with E-state index >= 15 is 0 Å². The number of amides is 4. The second-order valence-electron chi connectivity index (χ2n) is 9.19. The molecule has 40 heavy (non-hydrogen) atoms. The number of hydrogen-bond acceptors (Lipinski definition) is 8. The van der Waals surface area contributed by atoms with Crippen LogP contribution in [0.15, 0.2) is 30.3 Å². The molecule has 1 aromatic carbocycles. The van der Waals surface area contributed by atoms with Gasteiger partial charge < -0.3 is 37.2 Å². The van der Waals surface area contributed by atoms with Crippen molar-refractivity contribution < 1.29 is 43.8 Å². The predicted molar refractivity (Wildman–Crippen MR) is 142 cm³/mol. The number of benzene rings is 1. The highest BCUT2D eigenvalue weighted by atomic mass is 16.4. The maximum Gasteiger partial charge on any atom is 0.303 e. The van der Waals surface area contributed by atoms with Gasteiger partial charge in [-0.15, -0.1) is 0 Å². The van der Waals surface area contributed by atoms with Crippen LogP contribution in [0.2, 0.25) is 0 Å². The molecule has 0 aliphatic heterocycles. The van der Waals surface area contributed by atoms with Gasteiger partial charge in [-0.1, -0.05) is 30.3 Å². The van der Waals surface area contributed by atoms with Crippen LogP contribution >= 0.6 is 0 Å². The van der Waals surface area contributed by atoms with Crippen molar-refractivity contribution in [3.05, 3.63) is 35.9 Å². The standard InChI is InChI=1S/C26H37N5O9/c1-15(32)17(9-12-22(34)35)29-24(38)18(8-11-21(27)33)30-25(39)19(10-13-23(36)37)31-26(40)20(28-2)14-16-6-4-3-5-7-16/h3-7,17-20,28H,8-14H2,1-2H3,(H2,27,33)(H,29,38)(H,30,39)(H,31,40)(H,34,35)(H,36,37)/t17-,18-,19-,20-/m0/s1. The summed E-state index contributed by atoms with van der Waals surface area (Å²) in [7, 11) is 1.56. The minimum Gasteiger partial charge on any atom is -0.481 e. The summed E-state index contributed by atoms with van der Waals surface area (Å²) in [4.78, 5) is 84.5. The summed E-state index contributed by atoms with van der Waals surface area (Å²) in [6.07, 6.45) is -1.66. The summed E-state index contributed by atoms with van der Waals surface area (Å²) >= 11 is 0. The van der Waals surface area contributed by atoms with Gasteiger partial charge in [0.15, 0.2) is 5.78 Å². The number of aliphatic carboxylic acids is 2. The number of likely N-dealkylation sites (N-methyl/N-ethyl adjacent to an activating group) is 1. The van der Waals surface area contributed by atoms with Crippen molar-refractivity contribution in [3.63, 3.8) is 0 Å². The number of primary amides is 1. The molecular weight excluding hydrogens is 526 g/mol. The Bertz CT molecular complexity index is 1060. The van der Waals surface area contributed by atoms with Crippen molar-refractivity contribution >= 4 is 41.4 Å². The highest BCUT2D eigenvalue weighted by Gasteiger charge is 2.30. The summed E-state index contributed by atoms with van der Waals surface area (Å²) in [5, 5.41) is 28.2. The van der Waals surface area contributed by atoms with Gasteiger partial charge in [0, 0.05) is 19.3 Å². The number of ketones is 1. The van der Waals surface area contributed by atoms with Gasteiger partial charge >= 0.3 is 11.9 Å². The lowest BCUT2D eigenvalue weighted by Gasteiger charge is -2.25. The number of hydrogen-bond donors (Lipinski definition) is 7. The zero-order chi connectivity index (χ0) is 30.2. The SMILES string of the molecule is CN[C@@H](Cc1ccccc1)C(=O)N[C@@H](CCC(=O)O)C(=O)N[C@@H](CCC(N)=O)C(=O)N[C@@H](CCC(=O)O)C(C)=O. The van der Waals surface area contributed by atoms with E-state index in [0.717, 1.165) is 12.5 Å². The molecule has 4 atom stereocenters. The number of carboxylic acids is 2. The maximum absolute atomic E-state index is 13.2.